The number of hydrogen-bond donors (Lipinski definition) is 2. The number of aryl methyl sites for hydroxylation is 2. The van der Waals surface area contributed by atoms with Crippen LogP contribution in [0.2, 0.25) is 0 Å². The highest BCUT2D eigenvalue weighted by atomic mass is 32.2. The van der Waals surface area contributed by atoms with Crippen molar-refractivity contribution < 1.29 is 9.59 Å². The van der Waals surface area contributed by atoms with Crippen LogP contribution in [0.5, 0.6) is 0 Å². The smallest absolute Gasteiger partial charge is 0.321 e. The average Bonchev–Trinajstić information content (AvgIpc) is 3.05. The van der Waals surface area contributed by atoms with E-state index in [4.69, 9.17) is 0 Å². The number of nitrogens with one attached hydrogen (secondary N) is 2. The molecule has 0 aromatic carbocycles. The monoisotopic (exact) mass is 420 g/mol. The number of nitrogens with zero attached hydrogens (tertiary/aromatic N) is 2. The summed E-state index contributed by atoms with van der Waals surface area (Å²) >= 11 is 2.74. The van der Waals surface area contributed by atoms with Crippen molar-refractivity contribution in [2.45, 2.75) is 50.7 Å². The molecule has 9 heteroatoms. The highest BCUT2D eigenvalue weighted by Crippen LogP contribution is 2.34. The third-order valence-electron chi connectivity index (χ3n) is 4.47. The number of thiophene rings is 1. The molecule has 0 atom stereocenters. The van der Waals surface area contributed by atoms with Crippen molar-refractivity contribution in [3.8, 4) is 0 Å². The summed E-state index contributed by atoms with van der Waals surface area (Å²) in [6, 6.07) is -0.509. The van der Waals surface area contributed by atoms with Gasteiger partial charge in [0.25, 0.3) is 5.56 Å². The first-order valence-electron chi connectivity index (χ1n) is 9.41. The van der Waals surface area contributed by atoms with Crippen LogP contribution in [0.1, 0.15) is 36.6 Å². The summed E-state index contributed by atoms with van der Waals surface area (Å²) in [5.41, 5.74) is 1.07. The quantitative estimate of drug-likeness (QED) is 0.408. The molecule has 28 heavy (non-hydrogen) atoms. The predicted molar refractivity (Wildman–Crippen MR) is 113 cm³/mol. The maximum Gasteiger partial charge on any atom is 0.321 e. The lowest BCUT2D eigenvalue weighted by molar-refractivity contribution is -0.117. The highest BCUT2D eigenvalue weighted by Gasteiger charge is 2.22. The number of amides is 3. The third kappa shape index (κ3) is 4.47. The number of fused-ring (bicyclic) bond motifs is 3. The van der Waals surface area contributed by atoms with E-state index >= 15 is 0 Å². The molecule has 150 valence electrons. The van der Waals surface area contributed by atoms with E-state index in [1.54, 1.807) is 22.0 Å². The molecule has 0 fully saturated rings. The molecule has 2 aromatic heterocycles. The summed E-state index contributed by atoms with van der Waals surface area (Å²) in [4.78, 5) is 43.4. The largest absolute Gasteiger partial charge is 0.338 e. The first kappa shape index (κ1) is 20.6. The lowest BCUT2D eigenvalue weighted by Crippen LogP contribution is -2.40. The minimum atomic E-state index is -0.509. The van der Waals surface area contributed by atoms with Gasteiger partial charge in [0.1, 0.15) is 4.83 Å². The normalized spacial score (nSPS) is 13.2. The van der Waals surface area contributed by atoms with E-state index in [1.807, 2.05) is 6.92 Å². The molecule has 0 aliphatic heterocycles. The molecule has 0 spiro atoms. The molecule has 0 saturated heterocycles. The van der Waals surface area contributed by atoms with Gasteiger partial charge >= 0.3 is 6.03 Å². The van der Waals surface area contributed by atoms with Crippen LogP contribution in [0.25, 0.3) is 10.2 Å². The van der Waals surface area contributed by atoms with Crippen LogP contribution in [0.4, 0.5) is 4.79 Å². The standard InChI is InChI=1S/C19H24N4O3S2/c1-3-9-20-18(26)21-14(24)11-27-19-22-16-15(17(25)23(19)10-4-2)12-7-5-6-8-13(12)28-16/h4H,2-3,5-11H2,1H3,(H2,20,21,24,26). The van der Waals surface area contributed by atoms with Gasteiger partial charge in [0.15, 0.2) is 5.16 Å². The van der Waals surface area contributed by atoms with Crippen LogP contribution < -0.4 is 16.2 Å². The molecule has 0 saturated carbocycles. The molecule has 3 amide bonds. The lowest BCUT2D eigenvalue weighted by atomic mass is 9.97. The van der Waals surface area contributed by atoms with Crippen molar-refractivity contribution in [3.63, 3.8) is 0 Å². The van der Waals surface area contributed by atoms with E-state index in [1.165, 1.54) is 4.88 Å². The molecule has 2 N–H and O–H groups in total. The van der Waals surface area contributed by atoms with Gasteiger partial charge in [-0.25, -0.2) is 9.78 Å². The lowest BCUT2D eigenvalue weighted by Gasteiger charge is -2.12. The number of urea groups is 1. The van der Waals surface area contributed by atoms with E-state index in [9.17, 15) is 14.4 Å². The Kier molecular flexibility index (Phi) is 6.90. The second-order valence-electron chi connectivity index (χ2n) is 6.58. The van der Waals surface area contributed by atoms with Gasteiger partial charge in [-0.1, -0.05) is 24.8 Å². The third-order valence-corrected chi connectivity index (χ3v) is 6.63. The van der Waals surface area contributed by atoms with Crippen molar-refractivity contribution in [1.82, 2.24) is 20.2 Å². The molecule has 0 bridgehead atoms. The van der Waals surface area contributed by atoms with E-state index in [2.05, 4.69) is 22.2 Å². The Balaban J connectivity index is 1.83. The summed E-state index contributed by atoms with van der Waals surface area (Å²) in [6.45, 7) is 6.49. The molecule has 2 aromatic rings. The Morgan fingerprint density at radius 1 is 1.36 bits per heavy atom. The molecule has 0 unspecified atom stereocenters. The van der Waals surface area contributed by atoms with Crippen LogP contribution in [0.15, 0.2) is 22.6 Å². The minimum Gasteiger partial charge on any atom is -0.338 e. The van der Waals surface area contributed by atoms with Gasteiger partial charge in [0, 0.05) is 18.0 Å². The molecule has 0 radical (unpaired) electrons. The molecule has 1 aliphatic carbocycles. The molecule has 3 rings (SSSR count). The fourth-order valence-corrected chi connectivity index (χ4v) is 5.31. The Morgan fingerprint density at radius 3 is 2.89 bits per heavy atom. The van der Waals surface area contributed by atoms with Crippen molar-refractivity contribution in [2.24, 2.45) is 0 Å². The maximum absolute atomic E-state index is 13.1. The van der Waals surface area contributed by atoms with Crippen LogP contribution in [0, 0.1) is 0 Å². The predicted octanol–water partition coefficient (Wildman–Crippen LogP) is 2.85. The second kappa shape index (κ2) is 9.38. The zero-order valence-electron chi connectivity index (χ0n) is 15.9. The number of rotatable bonds is 7. The topological polar surface area (TPSA) is 93.1 Å². The molecular formula is C19H24N4O3S2. The number of hydrogen-bond acceptors (Lipinski definition) is 6. The van der Waals surface area contributed by atoms with E-state index in [-0.39, 0.29) is 11.3 Å². The minimum absolute atomic E-state index is 0.000274. The van der Waals surface area contributed by atoms with E-state index in [0.717, 1.165) is 54.3 Å². The summed E-state index contributed by atoms with van der Waals surface area (Å²) < 4.78 is 1.56. The summed E-state index contributed by atoms with van der Waals surface area (Å²) in [5, 5.41) is 6.07. The van der Waals surface area contributed by atoms with Crippen LogP contribution in [-0.2, 0) is 24.2 Å². The average molecular weight is 421 g/mol. The zero-order chi connectivity index (χ0) is 20.1. The van der Waals surface area contributed by atoms with Crippen LogP contribution in [-0.4, -0.2) is 33.8 Å². The van der Waals surface area contributed by atoms with Crippen LogP contribution in [0.3, 0.4) is 0 Å². The first-order valence-corrected chi connectivity index (χ1v) is 11.2. The first-order chi connectivity index (χ1) is 13.5. The van der Waals surface area contributed by atoms with Gasteiger partial charge in [-0.2, -0.15) is 0 Å². The Hall–Kier alpha value is -2.13. The fourth-order valence-electron chi connectivity index (χ4n) is 3.20. The Bertz CT molecular complexity index is 964. The van der Waals surface area contributed by atoms with Gasteiger partial charge < -0.3 is 5.32 Å². The van der Waals surface area contributed by atoms with Crippen molar-refractivity contribution >= 4 is 45.3 Å². The van der Waals surface area contributed by atoms with Gasteiger partial charge in [-0.3, -0.25) is 19.5 Å². The second-order valence-corrected chi connectivity index (χ2v) is 8.61. The van der Waals surface area contributed by atoms with Gasteiger partial charge in [-0.15, -0.1) is 17.9 Å². The Labute approximate surface area is 171 Å². The molecule has 1 aliphatic rings. The van der Waals surface area contributed by atoms with Gasteiger partial charge in [0.05, 0.1) is 11.1 Å². The number of aromatic nitrogens is 2. The number of allylic oxidation sites excluding steroid dienone is 1. The number of carbonyl (C=O) groups is 2. The van der Waals surface area contributed by atoms with Gasteiger partial charge in [0.2, 0.25) is 5.91 Å². The molecule has 7 nitrogen and oxygen atoms in total. The number of thioether (sulfide) groups is 1. The Morgan fingerprint density at radius 2 is 2.14 bits per heavy atom. The molecular weight excluding hydrogens is 396 g/mol. The summed E-state index contributed by atoms with van der Waals surface area (Å²) in [7, 11) is 0. The van der Waals surface area contributed by atoms with Crippen molar-refractivity contribution in [2.75, 3.05) is 12.3 Å². The maximum atomic E-state index is 13.1. The number of imide groups is 1. The van der Waals surface area contributed by atoms with Crippen molar-refractivity contribution in [1.29, 1.82) is 0 Å². The SMILES string of the molecule is C=CCn1c(SCC(=O)NC(=O)NCCC)nc2sc3c(c2c1=O)CCCC3. The summed E-state index contributed by atoms with van der Waals surface area (Å²) in [6.07, 6.45) is 6.59. The molecule has 2 heterocycles. The van der Waals surface area contributed by atoms with Crippen LogP contribution >= 0.6 is 23.1 Å². The highest BCUT2D eigenvalue weighted by molar-refractivity contribution is 7.99. The van der Waals surface area contributed by atoms with Crippen molar-refractivity contribution in [3.05, 3.63) is 33.4 Å². The van der Waals surface area contributed by atoms with Gasteiger partial charge in [-0.05, 0) is 37.7 Å². The van der Waals surface area contributed by atoms with E-state index in [0.29, 0.717) is 23.6 Å². The summed E-state index contributed by atoms with van der Waals surface area (Å²) in [5.74, 6) is -0.428. The fraction of sp³-hybridized carbons (Fsp3) is 0.474. The number of carbonyl (C=O) groups excluding carboxylic acids is 2. The van der Waals surface area contributed by atoms with E-state index < -0.39 is 11.9 Å². The zero-order valence-corrected chi connectivity index (χ0v) is 17.5.